The molecule has 0 aromatic carbocycles. The Kier molecular flexibility index (Phi) is 4.91. The summed E-state index contributed by atoms with van der Waals surface area (Å²) >= 11 is 0. The zero-order valence-corrected chi connectivity index (χ0v) is 7.05. The molecule has 0 aromatic rings. The summed E-state index contributed by atoms with van der Waals surface area (Å²) in [7, 11) is 0. The van der Waals surface area contributed by atoms with Crippen LogP contribution >= 0.6 is 0 Å². The summed E-state index contributed by atoms with van der Waals surface area (Å²) in [5, 5.41) is 0. The van der Waals surface area contributed by atoms with Crippen LogP contribution in [0.3, 0.4) is 0 Å². The average Bonchev–Trinajstić information content (AvgIpc) is 1.79. The minimum atomic E-state index is 0.272. The Balaban J connectivity index is 3.27. The summed E-state index contributed by atoms with van der Waals surface area (Å²) in [6.45, 7) is 5.89. The predicted molar refractivity (Wildman–Crippen MR) is 43.9 cm³/mol. The number of allylic oxidation sites excluding steroid dienone is 2. The van der Waals surface area contributed by atoms with E-state index in [1.54, 1.807) is 6.92 Å². The van der Waals surface area contributed by atoms with Crippen LogP contribution in [0, 0.1) is 5.92 Å². The van der Waals surface area contributed by atoms with Crippen LogP contribution in [0.5, 0.6) is 0 Å². The molecule has 0 bridgehead atoms. The molecule has 0 saturated carbocycles. The van der Waals surface area contributed by atoms with E-state index in [0.29, 0.717) is 12.3 Å². The lowest BCUT2D eigenvalue weighted by Crippen LogP contribution is -1.87. The second-order valence-electron chi connectivity index (χ2n) is 2.91. The molecule has 0 aliphatic carbocycles. The van der Waals surface area contributed by atoms with Gasteiger partial charge in [-0.2, -0.15) is 0 Å². The molecule has 0 fully saturated rings. The smallest absolute Gasteiger partial charge is 0.130 e. The number of hydrogen-bond donors (Lipinski definition) is 0. The third kappa shape index (κ3) is 7.41. The maximum atomic E-state index is 10.5. The first-order valence-electron chi connectivity index (χ1n) is 3.79. The molecular formula is C9H16O. The van der Waals surface area contributed by atoms with Gasteiger partial charge in [-0.05, 0) is 19.3 Å². The van der Waals surface area contributed by atoms with Gasteiger partial charge in [-0.25, -0.2) is 0 Å². The number of hydrogen-bond acceptors (Lipinski definition) is 1. The molecule has 0 N–H and O–H groups in total. The maximum absolute atomic E-state index is 10.5. The van der Waals surface area contributed by atoms with E-state index in [1.165, 1.54) is 0 Å². The van der Waals surface area contributed by atoms with E-state index in [-0.39, 0.29) is 5.78 Å². The van der Waals surface area contributed by atoms with Crippen molar-refractivity contribution in [3.63, 3.8) is 0 Å². The third-order valence-corrected chi connectivity index (χ3v) is 1.18. The molecule has 0 spiro atoms. The average molecular weight is 140 g/mol. The summed E-state index contributed by atoms with van der Waals surface area (Å²) in [5.74, 6) is 0.875. The first kappa shape index (κ1) is 9.41. The number of Topliss-reactive ketones (excluding diaryl/α,β-unsaturated/α-hetero) is 1. The first-order chi connectivity index (χ1) is 4.63. The molecule has 0 radical (unpaired) electrons. The lowest BCUT2D eigenvalue weighted by Gasteiger charge is -1.92. The molecule has 1 heteroatoms. The second-order valence-corrected chi connectivity index (χ2v) is 2.91. The van der Waals surface area contributed by atoms with Crippen molar-refractivity contribution < 1.29 is 4.79 Å². The molecule has 0 saturated heterocycles. The van der Waals surface area contributed by atoms with Crippen LogP contribution in [0.25, 0.3) is 0 Å². The van der Waals surface area contributed by atoms with Gasteiger partial charge < -0.3 is 4.79 Å². The van der Waals surface area contributed by atoms with E-state index in [4.69, 9.17) is 0 Å². The summed E-state index contributed by atoms with van der Waals surface area (Å²) in [4.78, 5) is 10.5. The fourth-order valence-corrected chi connectivity index (χ4v) is 0.655. The lowest BCUT2D eigenvalue weighted by atomic mass is 10.1. The van der Waals surface area contributed by atoms with Crippen molar-refractivity contribution in [1.29, 1.82) is 0 Å². The van der Waals surface area contributed by atoms with Crippen LogP contribution in [-0.2, 0) is 4.79 Å². The molecule has 58 valence electrons. The van der Waals surface area contributed by atoms with Crippen molar-refractivity contribution in [3.8, 4) is 0 Å². The van der Waals surface area contributed by atoms with E-state index in [2.05, 4.69) is 26.0 Å². The normalized spacial score (nSPS) is 11.2. The van der Waals surface area contributed by atoms with Gasteiger partial charge >= 0.3 is 0 Å². The van der Waals surface area contributed by atoms with Gasteiger partial charge in [0.05, 0.1) is 0 Å². The Hall–Kier alpha value is -0.590. The van der Waals surface area contributed by atoms with Crippen LogP contribution in [-0.4, -0.2) is 5.78 Å². The minimum Gasteiger partial charge on any atom is -0.300 e. The second kappa shape index (κ2) is 5.21. The highest BCUT2D eigenvalue weighted by Crippen LogP contribution is 1.97. The van der Waals surface area contributed by atoms with Crippen molar-refractivity contribution in [2.75, 3.05) is 0 Å². The molecule has 0 aliphatic rings. The zero-order valence-electron chi connectivity index (χ0n) is 7.05. The largest absolute Gasteiger partial charge is 0.300 e. The number of carbonyl (C=O) groups is 1. The number of carbonyl (C=O) groups excluding carboxylic acids is 1. The van der Waals surface area contributed by atoms with Crippen molar-refractivity contribution in [1.82, 2.24) is 0 Å². The highest BCUT2D eigenvalue weighted by Gasteiger charge is 1.88. The summed E-state index contributed by atoms with van der Waals surface area (Å²) in [6.07, 6.45) is 5.78. The SMILES string of the molecule is CC(=O)CC/C=C/C(C)C. The molecule has 0 atom stereocenters. The van der Waals surface area contributed by atoms with E-state index < -0.39 is 0 Å². The van der Waals surface area contributed by atoms with Gasteiger partial charge in [0.25, 0.3) is 0 Å². The van der Waals surface area contributed by atoms with E-state index >= 15 is 0 Å². The molecule has 0 unspecified atom stereocenters. The van der Waals surface area contributed by atoms with Gasteiger partial charge in [0.2, 0.25) is 0 Å². The quantitative estimate of drug-likeness (QED) is 0.548. The standard InChI is InChI=1S/C9H16O/c1-8(2)6-4-5-7-9(3)10/h4,6,8H,5,7H2,1-3H3/b6-4+. The van der Waals surface area contributed by atoms with E-state index in [0.717, 1.165) is 6.42 Å². The topological polar surface area (TPSA) is 17.1 Å². The van der Waals surface area contributed by atoms with Crippen LogP contribution in [0.4, 0.5) is 0 Å². The fourth-order valence-electron chi connectivity index (χ4n) is 0.655. The Morgan fingerprint density at radius 3 is 2.50 bits per heavy atom. The van der Waals surface area contributed by atoms with Gasteiger partial charge in [-0.1, -0.05) is 26.0 Å². The summed E-state index contributed by atoms with van der Waals surface area (Å²) in [6, 6.07) is 0. The molecule has 0 amide bonds. The molecule has 0 heterocycles. The predicted octanol–water partition coefficient (Wildman–Crippen LogP) is 2.57. The van der Waals surface area contributed by atoms with Gasteiger partial charge in [0.1, 0.15) is 5.78 Å². The highest BCUT2D eigenvalue weighted by atomic mass is 16.1. The Bertz CT molecular complexity index is 123. The van der Waals surface area contributed by atoms with Gasteiger partial charge in [0, 0.05) is 6.42 Å². The molecule has 0 rings (SSSR count). The molecular weight excluding hydrogens is 124 g/mol. The monoisotopic (exact) mass is 140 g/mol. The Morgan fingerprint density at radius 1 is 1.50 bits per heavy atom. The molecule has 1 nitrogen and oxygen atoms in total. The number of rotatable bonds is 4. The van der Waals surface area contributed by atoms with Gasteiger partial charge in [-0.3, -0.25) is 0 Å². The number of ketones is 1. The summed E-state index contributed by atoms with van der Waals surface area (Å²) in [5.41, 5.74) is 0. The Labute approximate surface area is 63.1 Å². The fraction of sp³-hybridized carbons (Fsp3) is 0.667. The van der Waals surface area contributed by atoms with Crippen molar-refractivity contribution >= 4 is 5.78 Å². The van der Waals surface area contributed by atoms with Gasteiger partial charge in [-0.15, -0.1) is 0 Å². The molecule has 0 aliphatic heterocycles. The minimum absolute atomic E-state index is 0.272. The lowest BCUT2D eigenvalue weighted by molar-refractivity contribution is -0.116. The van der Waals surface area contributed by atoms with Crippen molar-refractivity contribution in [2.45, 2.75) is 33.6 Å². The van der Waals surface area contributed by atoms with Crippen LogP contribution in [0.1, 0.15) is 33.6 Å². The van der Waals surface area contributed by atoms with E-state index in [1.807, 2.05) is 0 Å². The first-order valence-corrected chi connectivity index (χ1v) is 3.79. The highest BCUT2D eigenvalue weighted by molar-refractivity contribution is 5.75. The molecule has 0 aromatic heterocycles. The van der Waals surface area contributed by atoms with Crippen LogP contribution < -0.4 is 0 Å². The van der Waals surface area contributed by atoms with E-state index in [9.17, 15) is 4.79 Å². The zero-order chi connectivity index (χ0) is 7.98. The maximum Gasteiger partial charge on any atom is 0.130 e. The molecule has 10 heavy (non-hydrogen) atoms. The third-order valence-electron chi connectivity index (χ3n) is 1.18. The van der Waals surface area contributed by atoms with Gasteiger partial charge in [0.15, 0.2) is 0 Å². The van der Waals surface area contributed by atoms with Crippen molar-refractivity contribution in [3.05, 3.63) is 12.2 Å². The van der Waals surface area contributed by atoms with Crippen molar-refractivity contribution in [2.24, 2.45) is 5.92 Å². The van der Waals surface area contributed by atoms with Crippen LogP contribution in [0.2, 0.25) is 0 Å². The van der Waals surface area contributed by atoms with Crippen LogP contribution in [0.15, 0.2) is 12.2 Å². The Morgan fingerprint density at radius 2 is 2.10 bits per heavy atom. The summed E-state index contributed by atoms with van der Waals surface area (Å²) < 4.78 is 0.